The highest BCUT2D eigenvalue weighted by molar-refractivity contribution is 6.01. The Labute approximate surface area is 148 Å². The van der Waals surface area contributed by atoms with Crippen molar-refractivity contribution < 1.29 is 4.79 Å². The van der Waals surface area contributed by atoms with E-state index in [1.807, 2.05) is 65.5 Å². The van der Waals surface area contributed by atoms with Crippen LogP contribution in [0.25, 0.3) is 5.69 Å². The third-order valence-corrected chi connectivity index (χ3v) is 4.43. The van der Waals surface area contributed by atoms with E-state index < -0.39 is 0 Å². The summed E-state index contributed by atoms with van der Waals surface area (Å²) in [7, 11) is 0. The third-order valence-electron chi connectivity index (χ3n) is 4.43. The Kier molecular flexibility index (Phi) is 4.89. The zero-order valence-corrected chi connectivity index (χ0v) is 14.8. The van der Waals surface area contributed by atoms with Gasteiger partial charge in [0, 0.05) is 18.1 Å². The van der Waals surface area contributed by atoms with Gasteiger partial charge >= 0.3 is 6.03 Å². The first-order valence-electron chi connectivity index (χ1n) is 8.49. The lowest BCUT2D eigenvalue weighted by Gasteiger charge is -2.17. The fraction of sp³-hybridized carbons (Fsp3) is 0.190. The molecule has 1 aromatic heterocycles. The Balaban J connectivity index is 1.82. The molecule has 2 aromatic carbocycles. The number of carbonyl (C=O) groups is 1. The second kappa shape index (κ2) is 7.26. The molecule has 0 saturated carbocycles. The van der Waals surface area contributed by atoms with Gasteiger partial charge in [0.2, 0.25) is 0 Å². The standard InChI is InChI=1S/C21H23N3O/c1-4-17-8-10-18(11-9-17)22-21(25)23-19-12-7-15(2)16(3)20(19)24-13-5-6-14-24/h5-14H,4H2,1-3H3,(H2,22,23,25). The van der Waals surface area contributed by atoms with Crippen molar-refractivity contribution in [1.29, 1.82) is 0 Å². The van der Waals surface area contributed by atoms with Crippen LogP contribution in [0.2, 0.25) is 0 Å². The van der Waals surface area contributed by atoms with Crippen molar-refractivity contribution >= 4 is 17.4 Å². The normalized spacial score (nSPS) is 10.5. The first-order valence-corrected chi connectivity index (χ1v) is 8.49. The van der Waals surface area contributed by atoms with Crippen LogP contribution in [0.1, 0.15) is 23.6 Å². The van der Waals surface area contributed by atoms with E-state index in [1.54, 1.807) is 0 Å². The van der Waals surface area contributed by atoms with Crippen LogP contribution in [0.15, 0.2) is 60.9 Å². The molecule has 2 N–H and O–H groups in total. The van der Waals surface area contributed by atoms with Crippen molar-refractivity contribution in [1.82, 2.24) is 4.57 Å². The summed E-state index contributed by atoms with van der Waals surface area (Å²) in [5.41, 5.74) is 6.12. The van der Waals surface area contributed by atoms with Gasteiger partial charge in [0.1, 0.15) is 0 Å². The molecule has 1 heterocycles. The van der Waals surface area contributed by atoms with E-state index >= 15 is 0 Å². The number of nitrogens with zero attached hydrogens (tertiary/aromatic N) is 1. The lowest BCUT2D eigenvalue weighted by Crippen LogP contribution is -2.20. The maximum absolute atomic E-state index is 12.4. The monoisotopic (exact) mass is 333 g/mol. The fourth-order valence-corrected chi connectivity index (χ4v) is 2.83. The summed E-state index contributed by atoms with van der Waals surface area (Å²) < 4.78 is 2.02. The van der Waals surface area contributed by atoms with Gasteiger partial charge in [-0.05, 0) is 67.3 Å². The number of rotatable bonds is 4. The first-order chi connectivity index (χ1) is 12.1. The number of urea groups is 1. The number of carbonyl (C=O) groups excluding carboxylic acids is 1. The molecule has 4 heteroatoms. The van der Waals surface area contributed by atoms with E-state index in [0.717, 1.165) is 29.0 Å². The molecule has 3 rings (SSSR count). The van der Waals surface area contributed by atoms with E-state index in [4.69, 9.17) is 0 Å². The zero-order valence-electron chi connectivity index (χ0n) is 14.8. The minimum Gasteiger partial charge on any atom is -0.322 e. The number of aromatic nitrogens is 1. The van der Waals surface area contributed by atoms with E-state index in [0.29, 0.717) is 0 Å². The molecule has 0 aliphatic rings. The molecule has 0 bridgehead atoms. The Morgan fingerprint density at radius 2 is 1.64 bits per heavy atom. The van der Waals surface area contributed by atoms with Crippen molar-refractivity contribution in [2.75, 3.05) is 10.6 Å². The first kappa shape index (κ1) is 16.8. The lowest BCUT2D eigenvalue weighted by atomic mass is 10.1. The zero-order chi connectivity index (χ0) is 17.8. The second-order valence-electron chi connectivity index (χ2n) is 6.12. The summed E-state index contributed by atoms with van der Waals surface area (Å²) in [5, 5.41) is 5.86. The molecule has 0 saturated heterocycles. The average Bonchev–Trinajstić information content (AvgIpc) is 3.13. The molecule has 0 fully saturated rings. The van der Waals surface area contributed by atoms with Gasteiger partial charge in [0.05, 0.1) is 11.4 Å². The van der Waals surface area contributed by atoms with E-state index in [2.05, 4.69) is 31.4 Å². The van der Waals surface area contributed by atoms with Crippen molar-refractivity contribution in [2.45, 2.75) is 27.2 Å². The van der Waals surface area contributed by atoms with Crippen LogP contribution >= 0.6 is 0 Å². The number of nitrogens with one attached hydrogen (secondary N) is 2. The highest BCUT2D eigenvalue weighted by atomic mass is 16.2. The number of aryl methyl sites for hydroxylation is 2. The smallest absolute Gasteiger partial charge is 0.322 e. The summed E-state index contributed by atoms with van der Waals surface area (Å²) in [4.78, 5) is 12.4. The number of amides is 2. The van der Waals surface area contributed by atoms with Crippen LogP contribution in [-0.2, 0) is 6.42 Å². The van der Waals surface area contributed by atoms with Crippen molar-refractivity contribution in [3.8, 4) is 5.69 Å². The van der Waals surface area contributed by atoms with Crippen LogP contribution in [0.3, 0.4) is 0 Å². The lowest BCUT2D eigenvalue weighted by molar-refractivity contribution is 0.262. The third kappa shape index (κ3) is 3.74. The molecule has 0 aliphatic heterocycles. The average molecular weight is 333 g/mol. The predicted octanol–water partition coefficient (Wildman–Crippen LogP) is 5.30. The van der Waals surface area contributed by atoms with Gasteiger partial charge in [0.15, 0.2) is 0 Å². The van der Waals surface area contributed by atoms with Crippen LogP contribution in [0.5, 0.6) is 0 Å². The fourth-order valence-electron chi connectivity index (χ4n) is 2.83. The number of hydrogen-bond donors (Lipinski definition) is 2. The van der Waals surface area contributed by atoms with E-state index in [-0.39, 0.29) is 6.03 Å². The van der Waals surface area contributed by atoms with Gasteiger partial charge in [0.25, 0.3) is 0 Å². The predicted molar refractivity (Wildman–Crippen MR) is 104 cm³/mol. The van der Waals surface area contributed by atoms with Crippen LogP contribution in [0, 0.1) is 13.8 Å². The molecule has 0 radical (unpaired) electrons. The molecule has 3 aromatic rings. The van der Waals surface area contributed by atoms with E-state index in [9.17, 15) is 4.79 Å². The molecule has 128 valence electrons. The summed E-state index contributed by atoms with van der Waals surface area (Å²) in [6.45, 7) is 6.25. The van der Waals surface area contributed by atoms with Gasteiger partial charge in [-0.1, -0.05) is 25.1 Å². The maximum atomic E-state index is 12.4. The largest absolute Gasteiger partial charge is 0.323 e. The Morgan fingerprint density at radius 1 is 0.960 bits per heavy atom. The van der Waals surface area contributed by atoms with Gasteiger partial charge in [-0.3, -0.25) is 0 Å². The number of benzene rings is 2. The van der Waals surface area contributed by atoms with Crippen molar-refractivity contribution in [3.05, 3.63) is 77.6 Å². The van der Waals surface area contributed by atoms with Gasteiger partial charge in [-0.15, -0.1) is 0 Å². The van der Waals surface area contributed by atoms with Gasteiger partial charge in [-0.25, -0.2) is 4.79 Å². The van der Waals surface area contributed by atoms with Crippen molar-refractivity contribution in [3.63, 3.8) is 0 Å². The minimum absolute atomic E-state index is 0.249. The summed E-state index contributed by atoms with van der Waals surface area (Å²) in [6.07, 6.45) is 4.94. The SMILES string of the molecule is CCc1ccc(NC(=O)Nc2ccc(C)c(C)c2-n2cccc2)cc1. The highest BCUT2D eigenvalue weighted by Crippen LogP contribution is 2.27. The van der Waals surface area contributed by atoms with E-state index in [1.165, 1.54) is 11.1 Å². The molecule has 0 atom stereocenters. The molecule has 2 amide bonds. The molecular weight excluding hydrogens is 310 g/mol. The molecule has 25 heavy (non-hydrogen) atoms. The number of anilines is 2. The van der Waals surface area contributed by atoms with Crippen LogP contribution in [-0.4, -0.2) is 10.6 Å². The second-order valence-corrected chi connectivity index (χ2v) is 6.12. The van der Waals surface area contributed by atoms with Crippen LogP contribution in [0.4, 0.5) is 16.2 Å². The quantitative estimate of drug-likeness (QED) is 0.668. The Hall–Kier alpha value is -3.01. The van der Waals surface area contributed by atoms with Gasteiger partial charge < -0.3 is 15.2 Å². The minimum atomic E-state index is -0.249. The van der Waals surface area contributed by atoms with Gasteiger partial charge in [-0.2, -0.15) is 0 Å². The molecule has 0 spiro atoms. The molecule has 4 nitrogen and oxygen atoms in total. The topological polar surface area (TPSA) is 46.1 Å². The maximum Gasteiger partial charge on any atom is 0.323 e. The Morgan fingerprint density at radius 3 is 2.28 bits per heavy atom. The molecular formula is C21H23N3O. The Bertz CT molecular complexity index is 865. The summed E-state index contributed by atoms with van der Waals surface area (Å²) in [6, 6.07) is 15.6. The highest BCUT2D eigenvalue weighted by Gasteiger charge is 2.12. The summed E-state index contributed by atoms with van der Waals surface area (Å²) in [5.74, 6) is 0. The van der Waals surface area contributed by atoms with Crippen molar-refractivity contribution in [2.24, 2.45) is 0 Å². The molecule has 0 aliphatic carbocycles. The summed E-state index contributed by atoms with van der Waals surface area (Å²) >= 11 is 0. The number of hydrogen-bond acceptors (Lipinski definition) is 1. The van der Waals surface area contributed by atoms with Crippen LogP contribution < -0.4 is 10.6 Å². The molecule has 0 unspecified atom stereocenters.